The molecule has 10 nitrogen and oxygen atoms in total. The fourth-order valence-corrected chi connectivity index (χ4v) is 4.91. The Morgan fingerprint density at radius 2 is 1.92 bits per heavy atom. The first kappa shape index (κ1) is 28.9. The predicted octanol–water partition coefficient (Wildman–Crippen LogP) is 2.97. The molecule has 0 spiro atoms. The highest BCUT2D eigenvalue weighted by Crippen LogP contribution is 2.45. The molecule has 1 saturated heterocycles. The van der Waals surface area contributed by atoms with E-state index in [1.165, 1.54) is 0 Å². The lowest BCUT2D eigenvalue weighted by Crippen LogP contribution is -2.58. The second-order valence-electron chi connectivity index (χ2n) is 11.9. The maximum atomic E-state index is 13.6. The molecule has 4 amide bonds. The molecule has 2 fully saturated rings. The van der Waals surface area contributed by atoms with Crippen molar-refractivity contribution < 1.29 is 28.8 Å². The number of hydroxylamine groups is 1. The third-order valence-corrected chi connectivity index (χ3v) is 6.91. The molecule has 1 unspecified atom stereocenters. The van der Waals surface area contributed by atoms with Gasteiger partial charge >= 0.3 is 6.09 Å². The van der Waals surface area contributed by atoms with Crippen LogP contribution in [-0.2, 0) is 24.0 Å². The first-order valence-electron chi connectivity index (χ1n) is 13.6. The van der Waals surface area contributed by atoms with Crippen LogP contribution in [-0.4, -0.2) is 65.1 Å². The highest BCUT2D eigenvalue weighted by atomic mass is 16.7. The Hall–Kier alpha value is -2.62. The molecule has 0 aromatic heterocycles. The number of hydrogen-bond acceptors (Lipinski definition) is 6. The van der Waals surface area contributed by atoms with Gasteiger partial charge in [0.1, 0.15) is 23.2 Å². The Labute approximate surface area is 220 Å². The van der Waals surface area contributed by atoms with E-state index in [0.29, 0.717) is 38.8 Å². The Morgan fingerprint density at radius 3 is 2.62 bits per heavy atom. The normalized spacial score (nSPS) is 29.8. The Kier molecular flexibility index (Phi) is 9.61. The van der Waals surface area contributed by atoms with E-state index in [0.717, 1.165) is 25.7 Å². The second-order valence-corrected chi connectivity index (χ2v) is 11.9. The van der Waals surface area contributed by atoms with Gasteiger partial charge in [-0.15, -0.1) is 0 Å². The molecule has 3 N–H and O–H groups in total. The monoisotopic (exact) mass is 520 g/mol. The molecule has 1 saturated carbocycles. The third kappa shape index (κ3) is 7.93. The number of alkyl carbamates (subject to hydrolysis) is 1. The fourth-order valence-electron chi connectivity index (χ4n) is 4.91. The summed E-state index contributed by atoms with van der Waals surface area (Å²) in [7, 11) is 0. The number of allylic oxidation sites excluding steroid dienone is 1. The van der Waals surface area contributed by atoms with Gasteiger partial charge < -0.3 is 20.3 Å². The van der Waals surface area contributed by atoms with Crippen LogP contribution in [0.2, 0.25) is 0 Å². The summed E-state index contributed by atoms with van der Waals surface area (Å²) in [5, 5.41) is 5.71. The van der Waals surface area contributed by atoms with Crippen molar-refractivity contribution in [2.24, 2.45) is 11.8 Å². The summed E-state index contributed by atoms with van der Waals surface area (Å²) in [5.74, 6) is -0.901. The average Bonchev–Trinajstić information content (AvgIpc) is 3.25. The average molecular weight is 521 g/mol. The zero-order valence-corrected chi connectivity index (χ0v) is 22.9. The summed E-state index contributed by atoms with van der Waals surface area (Å²) >= 11 is 0. The van der Waals surface area contributed by atoms with Crippen molar-refractivity contribution in [3.05, 3.63) is 12.2 Å². The minimum absolute atomic E-state index is 0.128. The van der Waals surface area contributed by atoms with E-state index < -0.39 is 29.3 Å². The van der Waals surface area contributed by atoms with E-state index in [1.807, 2.05) is 19.9 Å². The summed E-state index contributed by atoms with van der Waals surface area (Å²) in [5.41, 5.74) is 0.739. The first-order valence-corrected chi connectivity index (χ1v) is 13.6. The van der Waals surface area contributed by atoms with Crippen molar-refractivity contribution in [3.63, 3.8) is 0 Å². The molecule has 2 aliphatic heterocycles. The number of carbonyl (C=O) groups excluding carboxylic acids is 4. The van der Waals surface area contributed by atoms with Crippen LogP contribution >= 0.6 is 0 Å². The molecule has 0 aromatic carbocycles. The highest BCUT2D eigenvalue weighted by molar-refractivity contribution is 5.98. The summed E-state index contributed by atoms with van der Waals surface area (Å²) in [4.78, 5) is 59.6. The smallest absolute Gasteiger partial charge is 0.408 e. The van der Waals surface area contributed by atoms with Gasteiger partial charge in [-0.2, -0.15) is 0 Å². The molecule has 10 heteroatoms. The van der Waals surface area contributed by atoms with Gasteiger partial charge in [-0.25, -0.2) is 10.3 Å². The van der Waals surface area contributed by atoms with Crippen molar-refractivity contribution in [2.45, 2.75) is 109 Å². The number of nitrogens with zero attached hydrogens (tertiary/aromatic N) is 1. The van der Waals surface area contributed by atoms with E-state index in [1.54, 1.807) is 25.7 Å². The van der Waals surface area contributed by atoms with Gasteiger partial charge in [-0.05, 0) is 65.2 Å². The van der Waals surface area contributed by atoms with Gasteiger partial charge in [0.25, 0.3) is 5.91 Å². The molecule has 1 aliphatic carbocycles. The van der Waals surface area contributed by atoms with Crippen LogP contribution < -0.4 is 16.1 Å². The molecule has 0 radical (unpaired) electrons. The van der Waals surface area contributed by atoms with Gasteiger partial charge in [0.05, 0.1) is 6.61 Å². The Morgan fingerprint density at radius 1 is 1.16 bits per heavy atom. The summed E-state index contributed by atoms with van der Waals surface area (Å²) in [6, 6.07) is -1.48. The molecule has 0 aromatic rings. The maximum absolute atomic E-state index is 13.6. The summed E-state index contributed by atoms with van der Waals surface area (Å²) in [6.07, 6.45) is 8.94. The van der Waals surface area contributed by atoms with Crippen LogP contribution in [0.3, 0.4) is 0 Å². The lowest BCUT2D eigenvalue weighted by Gasteiger charge is -2.30. The molecule has 3 rings (SSSR count). The van der Waals surface area contributed by atoms with Crippen LogP contribution in [0.5, 0.6) is 0 Å². The predicted molar refractivity (Wildman–Crippen MR) is 138 cm³/mol. The quantitative estimate of drug-likeness (QED) is 0.378. The van der Waals surface area contributed by atoms with Crippen molar-refractivity contribution >= 4 is 23.8 Å². The fraction of sp³-hybridized carbons (Fsp3) is 0.778. The van der Waals surface area contributed by atoms with Crippen molar-refractivity contribution in [1.82, 2.24) is 21.0 Å². The number of amides is 4. The van der Waals surface area contributed by atoms with Gasteiger partial charge in [0.2, 0.25) is 11.8 Å². The van der Waals surface area contributed by atoms with E-state index in [4.69, 9.17) is 9.57 Å². The van der Waals surface area contributed by atoms with Crippen LogP contribution in [0.4, 0.5) is 4.79 Å². The number of ether oxygens (including phenoxy) is 1. The summed E-state index contributed by atoms with van der Waals surface area (Å²) in [6.45, 7) is 10.1. The van der Waals surface area contributed by atoms with Crippen LogP contribution in [0.1, 0.15) is 86.0 Å². The Balaban J connectivity index is 1.78. The van der Waals surface area contributed by atoms with E-state index in [2.05, 4.69) is 22.2 Å². The third-order valence-electron chi connectivity index (χ3n) is 6.91. The number of fused-ring (bicyclic) bond motifs is 2. The topological polar surface area (TPSA) is 126 Å². The standard InChI is InChI=1S/C27H44N4O6/c1-18(2)17-36-30-24(34)27-16-19(27)12-9-7-6-8-10-13-20(28-25(35)37-26(3,4)5)23(33)31-15-11-14-21(31)22(32)29-27/h9,12,18-21H,6-8,10-11,13-17H2,1-5H3,(H,28,35)(H,29,32)(H,30,34)/b12-9-/t19?,20-,21-,27+/m0/s1. The molecule has 208 valence electrons. The van der Waals surface area contributed by atoms with Crippen molar-refractivity contribution in [2.75, 3.05) is 13.2 Å². The van der Waals surface area contributed by atoms with Crippen LogP contribution in [0.15, 0.2) is 12.2 Å². The van der Waals surface area contributed by atoms with Gasteiger partial charge in [-0.1, -0.05) is 38.8 Å². The molecule has 3 aliphatic rings. The Bertz CT molecular complexity index is 883. The minimum atomic E-state index is -1.09. The molecule has 2 heterocycles. The number of nitrogens with one attached hydrogen (secondary N) is 3. The van der Waals surface area contributed by atoms with Crippen molar-refractivity contribution in [1.29, 1.82) is 0 Å². The van der Waals surface area contributed by atoms with Crippen molar-refractivity contribution in [3.8, 4) is 0 Å². The number of hydrogen-bond donors (Lipinski definition) is 3. The number of carbonyl (C=O) groups is 4. The zero-order valence-electron chi connectivity index (χ0n) is 22.9. The molecule has 37 heavy (non-hydrogen) atoms. The molecule has 4 atom stereocenters. The zero-order chi connectivity index (χ0) is 27.2. The summed E-state index contributed by atoms with van der Waals surface area (Å²) < 4.78 is 5.39. The molecular formula is C27H44N4O6. The number of rotatable bonds is 5. The largest absolute Gasteiger partial charge is 0.444 e. The second kappa shape index (κ2) is 12.3. The SMILES string of the molecule is CC(C)CONC(=O)[C@@]12CC1/C=C\CCCCC[C@H](NC(=O)OC(C)(C)C)C(=O)N1CCC[C@H]1C(=O)N2. The molecule has 0 bridgehead atoms. The van der Waals surface area contributed by atoms with Gasteiger partial charge in [0, 0.05) is 12.5 Å². The van der Waals surface area contributed by atoms with Crippen LogP contribution in [0.25, 0.3) is 0 Å². The van der Waals surface area contributed by atoms with E-state index >= 15 is 0 Å². The van der Waals surface area contributed by atoms with Gasteiger partial charge in [0.15, 0.2) is 0 Å². The maximum Gasteiger partial charge on any atom is 0.408 e. The lowest BCUT2D eigenvalue weighted by molar-refractivity contribution is -0.144. The van der Waals surface area contributed by atoms with Crippen LogP contribution in [0, 0.1) is 11.8 Å². The highest BCUT2D eigenvalue weighted by Gasteiger charge is 2.61. The van der Waals surface area contributed by atoms with Gasteiger partial charge in [-0.3, -0.25) is 19.2 Å². The minimum Gasteiger partial charge on any atom is -0.444 e. The first-order chi connectivity index (χ1) is 17.4. The van der Waals surface area contributed by atoms with E-state index in [9.17, 15) is 19.2 Å². The molecular weight excluding hydrogens is 476 g/mol. The van der Waals surface area contributed by atoms with E-state index in [-0.39, 0.29) is 29.6 Å². The lowest BCUT2D eigenvalue weighted by atomic mass is 10.0.